The minimum Gasteiger partial charge on any atom is -0.399 e. The number of rotatable bonds is 3. The minimum atomic E-state index is 0.868. The molecule has 0 bridgehead atoms. The van der Waals surface area contributed by atoms with Crippen LogP contribution in [-0.4, -0.2) is 5.75 Å². The zero-order chi connectivity index (χ0) is 8.97. The molecule has 0 unspecified atom stereocenters. The smallest absolute Gasteiger partial charge is 0.0317 e. The Morgan fingerprint density at radius 2 is 2.08 bits per heavy atom. The number of thioether (sulfide) groups is 1. The van der Waals surface area contributed by atoms with E-state index >= 15 is 0 Å². The first kappa shape index (κ1) is 9.46. The quantitative estimate of drug-likeness (QED) is 0.573. The Bertz CT molecular complexity index is 258. The lowest BCUT2D eigenvalue weighted by molar-refractivity contribution is 1.08. The van der Waals surface area contributed by atoms with Crippen molar-refractivity contribution in [3.05, 3.63) is 23.8 Å². The van der Waals surface area contributed by atoms with Gasteiger partial charge in [-0.2, -0.15) is 0 Å². The number of nitrogens with two attached hydrogens (primary N) is 1. The Hall–Kier alpha value is -0.630. The lowest BCUT2D eigenvalue weighted by Crippen LogP contribution is -1.90. The predicted molar refractivity (Wildman–Crippen MR) is 56.6 cm³/mol. The lowest BCUT2D eigenvalue weighted by atomic mass is 10.1. The maximum atomic E-state index is 5.69. The monoisotopic (exact) mass is 181 g/mol. The molecule has 0 aliphatic rings. The van der Waals surface area contributed by atoms with Crippen LogP contribution in [0.15, 0.2) is 23.1 Å². The van der Waals surface area contributed by atoms with Gasteiger partial charge in [0.1, 0.15) is 0 Å². The third kappa shape index (κ3) is 2.18. The molecule has 0 spiro atoms. The SMILES string of the molecule is CCSc1ccc(N)cc1CC. The first-order valence-electron chi connectivity index (χ1n) is 4.29. The summed E-state index contributed by atoms with van der Waals surface area (Å²) < 4.78 is 0. The zero-order valence-corrected chi connectivity index (χ0v) is 8.45. The summed E-state index contributed by atoms with van der Waals surface area (Å²) >= 11 is 1.88. The maximum Gasteiger partial charge on any atom is 0.0317 e. The van der Waals surface area contributed by atoms with Gasteiger partial charge < -0.3 is 5.73 Å². The van der Waals surface area contributed by atoms with Crippen molar-refractivity contribution < 1.29 is 0 Å². The van der Waals surface area contributed by atoms with Crippen molar-refractivity contribution in [1.82, 2.24) is 0 Å². The van der Waals surface area contributed by atoms with Crippen molar-refractivity contribution in [1.29, 1.82) is 0 Å². The van der Waals surface area contributed by atoms with Crippen molar-refractivity contribution in [2.75, 3.05) is 11.5 Å². The molecule has 0 aromatic heterocycles. The predicted octanol–water partition coefficient (Wildman–Crippen LogP) is 2.94. The number of hydrogen-bond acceptors (Lipinski definition) is 2. The fourth-order valence-corrected chi connectivity index (χ4v) is 2.04. The average Bonchev–Trinajstić information content (AvgIpc) is 2.08. The van der Waals surface area contributed by atoms with Crippen molar-refractivity contribution in [2.24, 2.45) is 0 Å². The molecule has 1 nitrogen and oxygen atoms in total. The van der Waals surface area contributed by atoms with Crippen LogP contribution in [0.1, 0.15) is 19.4 Å². The van der Waals surface area contributed by atoms with Crippen LogP contribution in [0.2, 0.25) is 0 Å². The molecule has 0 heterocycles. The second-order valence-electron chi connectivity index (χ2n) is 2.65. The molecule has 0 saturated carbocycles. The molecular formula is C10H15NS. The molecule has 0 atom stereocenters. The Balaban J connectivity index is 2.94. The zero-order valence-electron chi connectivity index (χ0n) is 7.63. The summed E-state index contributed by atoms with van der Waals surface area (Å²) in [4.78, 5) is 1.37. The van der Waals surface area contributed by atoms with Crippen molar-refractivity contribution in [2.45, 2.75) is 25.2 Å². The first-order chi connectivity index (χ1) is 5.77. The van der Waals surface area contributed by atoms with E-state index in [1.54, 1.807) is 0 Å². The molecule has 0 radical (unpaired) electrons. The summed E-state index contributed by atoms with van der Waals surface area (Å²) in [5.74, 6) is 1.12. The molecule has 0 fully saturated rings. The van der Waals surface area contributed by atoms with E-state index in [0.29, 0.717) is 0 Å². The van der Waals surface area contributed by atoms with E-state index < -0.39 is 0 Å². The van der Waals surface area contributed by atoms with Gasteiger partial charge in [0.05, 0.1) is 0 Å². The van der Waals surface area contributed by atoms with E-state index in [2.05, 4.69) is 26.0 Å². The highest BCUT2D eigenvalue weighted by atomic mass is 32.2. The summed E-state index contributed by atoms with van der Waals surface area (Å²) in [5, 5.41) is 0. The van der Waals surface area contributed by atoms with Gasteiger partial charge in [0.25, 0.3) is 0 Å². The lowest BCUT2D eigenvalue weighted by Gasteiger charge is -2.06. The Kier molecular flexibility index (Phi) is 3.48. The maximum absolute atomic E-state index is 5.69. The summed E-state index contributed by atoms with van der Waals surface area (Å²) in [7, 11) is 0. The number of aryl methyl sites for hydroxylation is 1. The molecule has 2 heteroatoms. The highest BCUT2D eigenvalue weighted by molar-refractivity contribution is 7.99. The molecule has 0 amide bonds. The second-order valence-corrected chi connectivity index (χ2v) is 3.96. The molecule has 66 valence electrons. The van der Waals surface area contributed by atoms with Gasteiger partial charge in [0, 0.05) is 10.6 Å². The van der Waals surface area contributed by atoms with Gasteiger partial charge in [-0.1, -0.05) is 13.8 Å². The molecule has 1 aromatic rings. The van der Waals surface area contributed by atoms with Gasteiger partial charge in [-0.25, -0.2) is 0 Å². The van der Waals surface area contributed by atoms with Gasteiger partial charge >= 0.3 is 0 Å². The standard InChI is InChI=1S/C10H15NS/c1-3-8-7-9(11)5-6-10(8)12-4-2/h5-7H,3-4,11H2,1-2H3. The van der Waals surface area contributed by atoms with Crippen molar-refractivity contribution in [3.63, 3.8) is 0 Å². The van der Waals surface area contributed by atoms with Gasteiger partial charge in [0.2, 0.25) is 0 Å². The minimum absolute atomic E-state index is 0.868. The Morgan fingerprint density at radius 1 is 1.33 bits per heavy atom. The Labute approximate surface area is 78.4 Å². The van der Waals surface area contributed by atoms with Crippen LogP contribution in [-0.2, 0) is 6.42 Å². The van der Waals surface area contributed by atoms with E-state index in [9.17, 15) is 0 Å². The van der Waals surface area contributed by atoms with E-state index in [4.69, 9.17) is 5.73 Å². The van der Waals surface area contributed by atoms with Gasteiger partial charge in [-0.05, 0) is 35.9 Å². The summed E-state index contributed by atoms with van der Waals surface area (Å²) in [6, 6.07) is 6.15. The van der Waals surface area contributed by atoms with Crippen LogP contribution >= 0.6 is 11.8 Å². The highest BCUT2D eigenvalue weighted by Gasteiger charge is 1.99. The third-order valence-corrected chi connectivity index (χ3v) is 2.76. The van der Waals surface area contributed by atoms with Crippen LogP contribution in [0.25, 0.3) is 0 Å². The number of benzene rings is 1. The van der Waals surface area contributed by atoms with E-state index in [0.717, 1.165) is 17.9 Å². The average molecular weight is 181 g/mol. The molecule has 1 rings (SSSR count). The molecule has 0 aliphatic carbocycles. The van der Waals surface area contributed by atoms with Crippen molar-refractivity contribution in [3.8, 4) is 0 Å². The molecule has 12 heavy (non-hydrogen) atoms. The van der Waals surface area contributed by atoms with Gasteiger partial charge in [-0.15, -0.1) is 11.8 Å². The fraction of sp³-hybridized carbons (Fsp3) is 0.400. The molecule has 0 saturated heterocycles. The van der Waals surface area contributed by atoms with E-state index in [1.807, 2.05) is 17.8 Å². The van der Waals surface area contributed by atoms with Gasteiger partial charge in [-0.3, -0.25) is 0 Å². The molecule has 1 aromatic carbocycles. The Morgan fingerprint density at radius 3 is 2.67 bits per heavy atom. The van der Waals surface area contributed by atoms with Crippen LogP contribution in [0.3, 0.4) is 0 Å². The first-order valence-corrected chi connectivity index (χ1v) is 5.27. The van der Waals surface area contributed by atoms with Crippen LogP contribution in [0.4, 0.5) is 5.69 Å². The molecule has 0 aliphatic heterocycles. The summed E-state index contributed by atoms with van der Waals surface area (Å²) in [6.45, 7) is 4.33. The number of nitrogen functional groups attached to an aromatic ring is 1. The topological polar surface area (TPSA) is 26.0 Å². The van der Waals surface area contributed by atoms with Crippen LogP contribution < -0.4 is 5.73 Å². The van der Waals surface area contributed by atoms with Crippen LogP contribution in [0, 0.1) is 0 Å². The fourth-order valence-electron chi connectivity index (χ4n) is 1.17. The van der Waals surface area contributed by atoms with E-state index in [1.165, 1.54) is 10.5 Å². The number of hydrogen-bond donors (Lipinski definition) is 1. The third-order valence-electron chi connectivity index (χ3n) is 1.77. The van der Waals surface area contributed by atoms with Gasteiger partial charge in [0.15, 0.2) is 0 Å². The molecular weight excluding hydrogens is 166 g/mol. The molecule has 2 N–H and O–H groups in total. The van der Waals surface area contributed by atoms with Crippen molar-refractivity contribution >= 4 is 17.4 Å². The second kappa shape index (κ2) is 4.41. The normalized spacial score (nSPS) is 10.2. The van der Waals surface area contributed by atoms with E-state index in [-0.39, 0.29) is 0 Å². The number of anilines is 1. The highest BCUT2D eigenvalue weighted by Crippen LogP contribution is 2.24. The summed E-state index contributed by atoms with van der Waals surface area (Å²) in [6.07, 6.45) is 1.06. The largest absolute Gasteiger partial charge is 0.399 e. The summed E-state index contributed by atoms with van der Waals surface area (Å²) in [5.41, 5.74) is 7.92. The van der Waals surface area contributed by atoms with Crippen LogP contribution in [0.5, 0.6) is 0 Å².